The number of amides is 1. The Kier molecular flexibility index (Phi) is 6.86. The van der Waals surface area contributed by atoms with E-state index in [0.717, 1.165) is 28.5 Å². The van der Waals surface area contributed by atoms with Crippen LogP contribution in [0.1, 0.15) is 36.3 Å². The Morgan fingerprint density at radius 2 is 2.11 bits per heavy atom. The van der Waals surface area contributed by atoms with Gasteiger partial charge in [0.25, 0.3) is 0 Å². The first kappa shape index (κ1) is 23.9. The molecule has 7 nitrogen and oxygen atoms in total. The molecular weight excluding hydrogens is 562 g/mol. The molecular formula is C26H29FIN4O3-. The number of nitrogens with one attached hydrogen (secondary N) is 3. The summed E-state index contributed by atoms with van der Waals surface area (Å²) in [7, 11) is 1.43. The van der Waals surface area contributed by atoms with Gasteiger partial charge in [0.05, 0.1) is 0 Å². The molecule has 3 atom stereocenters. The number of pyridine rings is 1. The summed E-state index contributed by atoms with van der Waals surface area (Å²) < 4.78 is 27.3. The van der Waals surface area contributed by atoms with E-state index in [9.17, 15) is 9.18 Å². The second kappa shape index (κ2) is 10.0. The summed E-state index contributed by atoms with van der Waals surface area (Å²) in [5.41, 5.74) is 3.95. The summed E-state index contributed by atoms with van der Waals surface area (Å²) in [6, 6.07) is 6.56. The molecule has 35 heavy (non-hydrogen) atoms. The van der Waals surface area contributed by atoms with Crippen molar-refractivity contribution in [1.29, 1.82) is 0 Å². The Hall–Kier alpha value is -2.82. The zero-order chi connectivity index (χ0) is 24.5. The first-order valence-corrected chi connectivity index (χ1v) is 14.5. The first-order chi connectivity index (χ1) is 17.0. The monoisotopic (exact) mass is 591 g/mol. The fraction of sp³-hybridized carbons (Fsp3) is 0.385. The van der Waals surface area contributed by atoms with E-state index in [1.54, 1.807) is 24.5 Å². The van der Waals surface area contributed by atoms with Crippen LogP contribution in [0, 0.1) is 17.7 Å². The molecule has 2 aliphatic rings. The predicted octanol–water partition coefficient (Wildman–Crippen LogP) is 1.72. The second-order valence-electron chi connectivity index (χ2n) is 9.09. The number of H-pyrrole nitrogens is 1. The van der Waals surface area contributed by atoms with Crippen molar-refractivity contribution in [3.63, 3.8) is 0 Å². The van der Waals surface area contributed by atoms with Gasteiger partial charge in [0, 0.05) is 0 Å². The summed E-state index contributed by atoms with van der Waals surface area (Å²) in [5.74, 6) is 1.22. The van der Waals surface area contributed by atoms with E-state index in [2.05, 4.69) is 34.4 Å². The minimum atomic E-state index is -0.479. The van der Waals surface area contributed by atoms with Crippen LogP contribution in [0.15, 0.2) is 36.7 Å². The minimum absolute atomic E-state index is 0.0911. The van der Waals surface area contributed by atoms with Crippen LogP contribution in [0.5, 0.6) is 11.5 Å². The van der Waals surface area contributed by atoms with Crippen molar-refractivity contribution in [2.24, 2.45) is 11.8 Å². The third-order valence-corrected chi connectivity index (χ3v) is 10.5. The van der Waals surface area contributed by atoms with Gasteiger partial charge in [-0.15, -0.1) is 0 Å². The van der Waals surface area contributed by atoms with Crippen molar-refractivity contribution < 1.29 is 39.9 Å². The number of methoxy groups -OCH3 is 1. The van der Waals surface area contributed by atoms with Crippen molar-refractivity contribution >= 4 is 17.3 Å². The molecule has 1 amide bonds. The van der Waals surface area contributed by atoms with Gasteiger partial charge in [-0.05, 0) is 0 Å². The van der Waals surface area contributed by atoms with Crippen molar-refractivity contribution in [1.82, 2.24) is 15.3 Å². The summed E-state index contributed by atoms with van der Waals surface area (Å²) in [5, 5.41) is 6.55. The average molecular weight is 591 g/mol. The van der Waals surface area contributed by atoms with E-state index in [0.29, 0.717) is 46.8 Å². The molecule has 0 spiro atoms. The van der Waals surface area contributed by atoms with Gasteiger partial charge >= 0.3 is 215 Å². The molecule has 2 aliphatic heterocycles. The molecule has 1 aromatic carbocycles. The molecule has 0 saturated carbocycles. The maximum absolute atomic E-state index is 14.5. The number of anilines is 2. The molecule has 3 N–H and O–H groups in total. The molecule has 0 aliphatic carbocycles. The van der Waals surface area contributed by atoms with Gasteiger partial charge in [0.15, 0.2) is 0 Å². The van der Waals surface area contributed by atoms with Gasteiger partial charge in [0.2, 0.25) is 0 Å². The van der Waals surface area contributed by atoms with E-state index < -0.39 is 5.82 Å². The molecule has 3 unspecified atom stereocenters. The molecule has 3 bridgehead atoms. The summed E-state index contributed by atoms with van der Waals surface area (Å²) in [6.45, 7) is 5.16. The molecule has 186 valence electrons. The van der Waals surface area contributed by atoms with Gasteiger partial charge < -0.3 is 0 Å². The van der Waals surface area contributed by atoms with Crippen molar-refractivity contribution in [3.8, 4) is 22.8 Å². The predicted molar refractivity (Wildman–Crippen MR) is 129 cm³/mol. The third-order valence-electron chi connectivity index (χ3n) is 6.78. The average Bonchev–Trinajstić information content (AvgIpc) is 3.20. The van der Waals surface area contributed by atoms with Crippen molar-refractivity contribution in [2.75, 3.05) is 23.5 Å². The quantitative estimate of drug-likeness (QED) is 0.246. The SMILES string of the molecule is COc1c(F)cccc1Nc1c2[nH]c3c1C(=O)NC(C3)[I-]CC(C)C(C)CCOc1cnccc1-2. The van der Waals surface area contributed by atoms with Crippen LogP contribution in [0.3, 0.4) is 0 Å². The topological polar surface area (TPSA) is 88.3 Å². The zero-order valence-electron chi connectivity index (χ0n) is 20.0. The van der Waals surface area contributed by atoms with Crippen LogP contribution < -0.4 is 41.3 Å². The van der Waals surface area contributed by atoms with E-state index in [4.69, 9.17) is 9.47 Å². The number of nitrogens with zero attached hydrogens (tertiary/aromatic N) is 1. The Bertz CT molecular complexity index is 1250. The van der Waals surface area contributed by atoms with Crippen LogP contribution >= 0.6 is 0 Å². The van der Waals surface area contributed by atoms with Gasteiger partial charge in [-0.3, -0.25) is 0 Å². The third kappa shape index (κ3) is 4.70. The molecule has 9 heteroatoms. The number of carbonyl (C=O) groups excluding carboxylic acids is 1. The number of aromatic amines is 1. The maximum atomic E-state index is 14.5. The van der Waals surface area contributed by atoms with Gasteiger partial charge in [-0.1, -0.05) is 0 Å². The fourth-order valence-corrected chi connectivity index (χ4v) is 8.05. The van der Waals surface area contributed by atoms with E-state index in [1.807, 2.05) is 6.07 Å². The van der Waals surface area contributed by atoms with Crippen LogP contribution in [0.4, 0.5) is 15.8 Å². The molecule has 3 aromatic rings. The molecule has 0 fully saturated rings. The number of alkyl halides is 2. The van der Waals surface area contributed by atoms with Crippen LogP contribution in [0.2, 0.25) is 0 Å². The van der Waals surface area contributed by atoms with E-state index in [-0.39, 0.29) is 36.9 Å². The number of hydrogen-bond acceptors (Lipinski definition) is 5. The molecule has 4 heterocycles. The normalized spacial score (nSPS) is 22.2. The number of carbonyl (C=O) groups is 1. The molecule has 2 aromatic heterocycles. The van der Waals surface area contributed by atoms with Crippen molar-refractivity contribution in [3.05, 3.63) is 53.7 Å². The number of rotatable bonds is 3. The number of aromatic nitrogens is 2. The van der Waals surface area contributed by atoms with E-state index in [1.165, 1.54) is 13.2 Å². The fourth-order valence-electron chi connectivity index (χ4n) is 4.51. The van der Waals surface area contributed by atoms with E-state index >= 15 is 0 Å². The van der Waals surface area contributed by atoms with Gasteiger partial charge in [-0.25, -0.2) is 0 Å². The first-order valence-electron chi connectivity index (χ1n) is 11.8. The number of benzene rings is 1. The zero-order valence-corrected chi connectivity index (χ0v) is 22.1. The number of hydrogen-bond donors (Lipinski definition) is 3. The van der Waals surface area contributed by atoms with Crippen LogP contribution in [0.25, 0.3) is 11.3 Å². The Morgan fingerprint density at radius 1 is 1.26 bits per heavy atom. The number of fused-ring (bicyclic) bond motifs is 4. The van der Waals surface area contributed by atoms with Gasteiger partial charge in [-0.2, -0.15) is 0 Å². The van der Waals surface area contributed by atoms with Crippen molar-refractivity contribution in [2.45, 2.75) is 30.7 Å². The van der Waals surface area contributed by atoms with Gasteiger partial charge in [0.1, 0.15) is 0 Å². The summed E-state index contributed by atoms with van der Waals surface area (Å²) in [4.78, 5) is 21.2. The standard InChI is InChI=1S/C26H29FIN4O3/c1-14-8-10-35-20-13-29-9-7-16(20)23-24(30-18-6-4-5-17(27)25(18)34-3)22-19(31-23)11-21(32-26(22)33)28-12-15(14)2/h4-7,9,13-15,21,30-31H,8,10-12H2,1-3H3,(H,32,33)/q-1. The molecule has 0 radical (unpaired) electrons. The Labute approximate surface area is 214 Å². The molecule has 5 rings (SSSR count). The Morgan fingerprint density at radius 3 is 2.94 bits per heavy atom. The second-order valence-corrected chi connectivity index (χ2v) is 12.4. The van der Waals surface area contributed by atoms with Crippen LogP contribution in [-0.4, -0.2) is 38.1 Å². The van der Waals surface area contributed by atoms with Crippen LogP contribution in [-0.2, 0) is 6.42 Å². The summed E-state index contributed by atoms with van der Waals surface area (Å²) in [6.07, 6.45) is 5.10. The number of halogens is 2. The molecule has 0 saturated heterocycles. The number of ether oxygens (including phenoxy) is 2. The summed E-state index contributed by atoms with van der Waals surface area (Å²) >= 11 is -0.230. The number of para-hydroxylation sites is 1. The Balaban J connectivity index is 1.66.